The summed E-state index contributed by atoms with van der Waals surface area (Å²) in [5.41, 5.74) is 1.13. The average molecular weight is 661 g/mol. The Morgan fingerprint density at radius 1 is 0.854 bits per heavy atom. The first-order valence-corrected chi connectivity index (χ1v) is 17.1. The van der Waals surface area contributed by atoms with E-state index in [1.165, 1.54) is 0 Å². The van der Waals surface area contributed by atoms with Gasteiger partial charge in [-0.3, -0.25) is 4.55 Å². The molecule has 1 saturated heterocycles. The summed E-state index contributed by atoms with van der Waals surface area (Å²) in [6.45, 7) is 5.61. The molecule has 2 heterocycles. The van der Waals surface area contributed by atoms with E-state index >= 15 is 0 Å². The number of rotatable bonds is 12. The first kappa shape index (κ1) is 31.2. The molecule has 0 spiro atoms. The summed E-state index contributed by atoms with van der Waals surface area (Å²) in [5.74, 6) is -0.934. The number of thioether (sulfide) groups is 1. The summed E-state index contributed by atoms with van der Waals surface area (Å²) >= 11 is 4.51. The Morgan fingerprint density at radius 3 is 2.10 bits per heavy atom. The zero-order valence-corrected chi connectivity index (χ0v) is 26.6. The molecule has 41 heavy (non-hydrogen) atoms. The van der Waals surface area contributed by atoms with Crippen LogP contribution in [0.2, 0.25) is 0 Å². The maximum absolute atomic E-state index is 13.3. The van der Waals surface area contributed by atoms with Gasteiger partial charge in [0.05, 0.1) is 5.75 Å². The van der Waals surface area contributed by atoms with Crippen LogP contribution in [0.5, 0.6) is 0 Å². The summed E-state index contributed by atoms with van der Waals surface area (Å²) in [7, 11) is -4.07. The summed E-state index contributed by atoms with van der Waals surface area (Å²) in [4.78, 5) is 33.0. The number of carbonyl (C=O) groups excluding carboxylic acids is 2. The van der Waals surface area contributed by atoms with Crippen molar-refractivity contribution < 1.29 is 22.6 Å². The molecular weight excluding hydrogens is 625 g/mol. The summed E-state index contributed by atoms with van der Waals surface area (Å²) in [6.07, 6.45) is 10.8. The van der Waals surface area contributed by atoms with Crippen LogP contribution in [0.1, 0.15) is 46.0 Å². The minimum atomic E-state index is -4.07. The van der Waals surface area contributed by atoms with Crippen LogP contribution < -0.4 is 4.90 Å². The van der Waals surface area contributed by atoms with Gasteiger partial charge in [-0.05, 0) is 5.39 Å². The number of benzene rings is 2. The number of allylic oxidation sites excluding steroid dienone is 4. The third-order valence-electron chi connectivity index (χ3n) is 6.89. The molecule has 1 fully saturated rings. The SMILES string of the molecule is CCCCN1C(=O)C(=C/C=C/C=C2/Sc3ccc4ccccc4c3N2CCCS(=O)(=O)O)C(=O)N(CCCC)C1=[Se]. The van der Waals surface area contributed by atoms with Crippen LogP contribution >= 0.6 is 11.8 Å². The van der Waals surface area contributed by atoms with Crippen molar-refractivity contribution in [3.63, 3.8) is 0 Å². The molecule has 0 atom stereocenters. The molecule has 2 amide bonds. The second-order valence-corrected chi connectivity index (χ2v) is 13.3. The standard InChI is InChI=1S/C30H35N3O5S2Se/c1-3-5-18-32-28(34)24(29(35)33(30(32)41)19-6-4-2)14-9-10-15-26-31(20-11-21-40(36,37)38)27-23-13-8-7-12-22(23)16-17-25(27)39-26/h7-10,12-17H,3-6,11,18-21H2,1-2H3,(H,36,37,38)/b10-9+,26-15+. The first-order valence-electron chi connectivity index (χ1n) is 13.8. The molecule has 1 N–H and O–H groups in total. The zero-order valence-electron chi connectivity index (χ0n) is 23.3. The number of amides is 2. The molecule has 0 unspecified atom stereocenters. The number of hydrogen-bond acceptors (Lipinski definition) is 6. The molecule has 0 saturated carbocycles. The predicted molar refractivity (Wildman–Crippen MR) is 167 cm³/mol. The molecule has 0 aromatic heterocycles. The number of fused-ring (bicyclic) bond motifs is 3. The van der Waals surface area contributed by atoms with Crippen molar-refractivity contribution in [2.45, 2.75) is 50.8 Å². The Kier molecular flexibility index (Phi) is 10.7. The van der Waals surface area contributed by atoms with E-state index in [9.17, 15) is 22.6 Å². The molecule has 2 aliphatic rings. The van der Waals surface area contributed by atoms with Crippen molar-refractivity contribution >= 4 is 70.4 Å². The van der Waals surface area contributed by atoms with Crippen molar-refractivity contribution in [3.8, 4) is 0 Å². The van der Waals surface area contributed by atoms with Gasteiger partial charge in [0, 0.05) is 0 Å². The minimum absolute atomic E-state index is 0.129. The number of unbranched alkanes of at least 4 members (excludes halogenated alkanes) is 2. The molecular formula is C30H35N3O5S2Se. The summed E-state index contributed by atoms with van der Waals surface area (Å²) in [5, 5.41) is 3.02. The van der Waals surface area contributed by atoms with Crippen LogP contribution in [0.25, 0.3) is 10.8 Å². The number of hydrogen-bond donors (Lipinski definition) is 1. The van der Waals surface area contributed by atoms with Gasteiger partial charge >= 0.3 is 191 Å². The van der Waals surface area contributed by atoms with E-state index in [2.05, 4.69) is 46.5 Å². The second kappa shape index (κ2) is 14.0. The van der Waals surface area contributed by atoms with Crippen LogP contribution in [0.3, 0.4) is 0 Å². The fraction of sp³-hybridized carbons (Fsp3) is 0.367. The normalized spacial score (nSPS) is 17.0. The van der Waals surface area contributed by atoms with Gasteiger partial charge in [0.1, 0.15) is 0 Å². The Labute approximate surface area is 254 Å². The second-order valence-electron chi connectivity index (χ2n) is 9.90. The molecule has 218 valence electrons. The van der Waals surface area contributed by atoms with Crippen LogP contribution in [-0.2, 0) is 19.7 Å². The molecule has 8 nitrogen and oxygen atoms in total. The molecule has 4 rings (SSSR count). The van der Waals surface area contributed by atoms with E-state index in [0.29, 0.717) is 24.3 Å². The summed E-state index contributed by atoms with van der Waals surface area (Å²) in [6, 6.07) is 12.1. The van der Waals surface area contributed by atoms with E-state index in [1.807, 2.05) is 30.3 Å². The van der Waals surface area contributed by atoms with E-state index in [-0.39, 0.29) is 29.6 Å². The van der Waals surface area contributed by atoms with Crippen molar-refractivity contribution in [3.05, 3.63) is 71.3 Å². The van der Waals surface area contributed by atoms with Gasteiger partial charge in [0.2, 0.25) is 0 Å². The molecule has 0 aliphatic carbocycles. The Morgan fingerprint density at radius 2 is 1.46 bits per heavy atom. The molecule has 2 aromatic rings. The Hall–Kier alpha value is -2.69. The monoisotopic (exact) mass is 661 g/mol. The van der Waals surface area contributed by atoms with Crippen molar-refractivity contribution in [2.24, 2.45) is 0 Å². The Bertz CT molecular complexity index is 1500. The van der Waals surface area contributed by atoms with Gasteiger partial charge in [0.15, 0.2) is 0 Å². The fourth-order valence-electron chi connectivity index (χ4n) is 4.79. The molecule has 0 bridgehead atoms. The third-order valence-corrected chi connectivity index (χ3v) is 9.74. The molecule has 0 radical (unpaired) electrons. The van der Waals surface area contributed by atoms with Crippen molar-refractivity contribution in [1.29, 1.82) is 0 Å². The van der Waals surface area contributed by atoms with E-state index in [0.717, 1.165) is 52.1 Å². The average Bonchev–Trinajstić information content (AvgIpc) is 3.29. The quantitative estimate of drug-likeness (QED) is 0.150. The zero-order chi connectivity index (χ0) is 29.6. The van der Waals surface area contributed by atoms with Crippen LogP contribution in [0.15, 0.2) is 76.2 Å². The van der Waals surface area contributed by atoms with Crippen LogP contribution in [0.4, 0.5) is 5.69 Å². The first-order chi connectivity index (χ1) is 19.7. The molecule has 11 heteroatoms. The van der Waals surface area contributed by atoms with Gasteiger partial charge < -0.3 is 0 Å². The molecule has 2 aromatic carbocycles. The summed E-state index contributed by atoms with van der Waals surface area (Å²) < 4.78 is 32.6. The molecule has 2 aliphatic heterocycles. The third kappa shape index (κ3) is 7.40. The van der Waals surface area contributed by atoms with Crippen molar-refractivity contribution in [2.75, 3.05) is 30.3 Å². The van der Waals surface area contributed by atoms with Gasteiger partial charge in [0.25, 0.3) is 10.1 Å². The van der Waals surface area contributed by atoms with Crippen LogP contribution in [0, 0.1) is 0 Å². The maximum atomic E-state index is 13.3. The van der Waals surface area contributed by atoms with Gasteiger partial charge in [-0.1, -0.05) is 30.3 Å². The van der Waals surface area contributed by atoms with Gasteiger partial charge in [-0.15, -0.1) is 0 Å². The van der Waals surface area contributed by atoms with Gasteiger partial charge in [-0.25, -0.2) is 0 Å². The number of nitrogens with zero attached hydrogens (tertiary/aromatic N) is 3. The van der Waals surface area contributed by atoms with Crippen molar-refractivity contribution in [1.82, 2.24) is 9.80 Å². The van der Waals surface area contributed by atoms with Crippen LogP contribution in [-0.4, -0.2) is 80.2 Å². The van der Waals surface area contributed by atoms with Gasteiger partial charge in [-0.2, -0.15) is 8.42 Å². The predicted octanol–water partition coefficient (Wildman–Crippen LogP) is 4.88. The van der Waals surface area contributed by atoms with E-state index < -0.39 is 10.1 Å². The fourth-order valence-corrected chi connectivity index (χ4v) is 7.13. The topological polar surface area (TPSA) is 98.2 Å². The number of anilines is 1. The van der Waals surface area contributed by atoms with E-state index in [1.54, 1.807) is 39.8 Å². The van der Waals surface area contributed by atoms with E-state index in [4.69, 9.17) is 0 Å². The number of carbonyl (C=O) groups is 2. The Balaban J connectivity index is 1.62.